The molecule has 0 radical (unpaired) electrons. The summed E-state index contributed by atoms with van der Waals surface area (Å²) in [6.45, 7) is 10.8. The predicted molar refractivity (Wildman–Crippen MR) is 88.2 cm³/mol. The van der Waals surface area contributed by atoms with Crippen LogP contribution < -0.4 is 5.32 Å². The van der Waals surface area contributed by atoms with Crippen LogP contribution in [-0.2, 0) is 6.54 Å². The lowest BCUT2D eigenvalue weighted by Crippen LogP contribution is -2.18. The van der Waals surface area contributed by atoms with E-state index in [0.717, 1.165) is 18.8 Å². The van der Waals surface area contributed by atoms with Gasteiger partial charge in [0.15, 0.2) is 0 Å². The molecule has 1 heterocycles. The molecule has 2 nitrogen and oxygen atoms in total. The standard InChI is InChI=1S/C17H24N2S/c1-12(2)10-18-11-15-19-16(17(20-15)13(3)4)14-8-6-5-7-9-14/h5-9,12-13,18H,10-11H2,1-4H3. The van der Waals surface area contributed by atoms with E-state index < -0.39 is 0 Å². The smallest absolute Gasteiger partial charge is 0.107 e. The Hall–Kier alpha value is -1.19. The summed E-state index contributed by atoms with van der Waals surface area (Å²) in [6.07, 6.45) is 0. The fourth-order valence-corrected chi connectivity index (χ4v) is 3.18. The molecule has 0 saturated carbocycles. The number of aromatic nitrogens is 1. The molecular formula is C17H24N2S. The van der Waals surface area contributed by atoms with Crippen molar-refractivity contribution in [3.63, 3.8) is 0 Å². The second kappa shape index (κ2) is 7.00. The highest BCUT2D eigenvalue weighted by Crippen LogP contribution is 2.33. The molecule has 0 aliphatic rings. The van der Waals surface area contributed by atoms with E-state index in [-0.39, 0.29) is 0 Å². The Labute approximate surface area is 126 Å². The lowest BCUT2D eigenvalue weighted by Gasteiger charge is -2.04. The molecule has 0 atom stereocenters. The van der Waals surface area contributed by atoms with E-state index in [1.54, 1.807) is 0 Å². The lowest BCUT2D eigenvalue weighted by atomic mass is 10.1. The Kier molecular flexibility index (Phi) is 5.32. The lowest BCUT2D eigenvalue weighted by molar-refractivity contribution is 0.551. The molecule has 0 bridgehead atoms. The third kappa shape index (κ3) is 3.90. The number of benzene rings is 1. The van der Waals surface area contributed by atoms with Crippen molar-refractivity contribution in [2.75, 3.05) is 6.54 Å². The van der Waals surface area contributed by atoms with Gasteiger partial charge in [-0.2, -0.15) is 0 Å². The van der Waals surface area contributed by atoms with Gasteiger partial charge in [0.2, 0.25) is 0 Å². The van der Waals surface area contributed by atoms with Crippen LogP contribution in [0.2, 0.25) is 0 Å². The highest BCUT2D eigenvalue weighted by Gasteiger charge is 2.15. The van der Waals surface area contributed by atoms with E-state index in [4.69, 9.17) is 4.98 Å². The van der Waals surface area contributed by atoms with Gasteiger partial charge in [0.1, 0.15) is 5.01 Å². The Morgan fingerprint density at radius 3 is 2.40 bits per heavy atom. The van der Waals surface area contributed by atoms with E-state index in [1.807, 2.05) is 11.3 Å². The zero-order chi connectivity index (χ0) is 14.5. The molecule has 108 valence electrons. The van der Waals surface area contributed by atoms with Gasteiger partial charge in [-0.3, -0.25) is 0 Å². The van der Waals surface area contributed by atoms with Crippen LogP contribution in [0.4, 0.5) is 0 Å². The van der Waals surface area contributed by atoms with Gasteiger partial charge in [0.05, 0.1) is 5.69 Å². The first-order chi connectivity index (χ1) is 9.58. The summed E-state index contributed by atoms with van der Waals surface area (Å²) in [7, 11) is 0. The van der Waals surface area contributed by atoms with Crippen LogP contribution in [0.25, 0.3) is 11.3 Å². The monoisotopic (exact) mass is 288 g/mol. The van der Waals surface area contributed by atoms with Crippen LogP contribution in [0.5, 0.6) is 0 Å². The molecule has 2 aromatic rings. The van der Waals surface area contributed by atoms with Gasteiger partial charge in [0.25, 0.3) is 0 Å². The average Bonchev–Trinajstić information content (AvgIpc) is 2.84. The molecule has 2 rings (SSSR count). The number of nitrogens with zero attached hydrogens (tertiary/aromatic N) is 1. The number of rotatable bonds is 6. The highest BCUT2D eigenvalue weighted by atomic mass is 32.1. The van der Waals surface area contributed by atoms with Crippen LogP contribution in [-0.4, -0.2) is 11.5 Å². The maximum atomic E-state index is 4.85. The van der Waals surface area contributed by atoms with Crippen LogP contribution in [0.1, 0.15) is 43.5 Å². The van der Waals surface area contributed by atoms with Gasteiger partial charge < -0.3 is 5.32 Å². The molecule has 20 heavy (non-hydrogen) atoms. The fraction of sp³-hybridized carbons (Fsp3) is 0.471. The second-order valence-corrected chi connectivity index (χ2v) is 6.98. The first-order valence-electron chi connectivity index (χ1n) is 7.33. The second-order valence-electron chi connectivity index (χ2n) is 5.87. The van der Waals surface area contributed by atoms with Gasteiger partial charge >= 0.3 is 0 Å². The molecule has 1 aromatic carbocycles. The van der Waals surface area contributed by atoms with Gasteiger partial charge in [-0.05, 0) is 18.4 Å². The van der Waals surface area contributed by atoms with Crippen molar-refractivity contribution in [1.82, 2.24) is 10.3 Å². The van der Waals surface area contributed by atoms with Crippen molar-refractivity contribution in [2.24, 2.45) is 5.92 Å². The minimum Gasteiger partial charge on any atom is -0.310 e. The van der Waals surface area contributed by atoms with Crippen LogP contribution in [0, 0.1) is 5.92 Å². The predicted octanol–water partition coefficient (Wildman–Crippen LogP) is 4.68. The maximum absolute atomic E-state index is 4.85. The van der Waals surface area contributed by atoms with Gasteiger partial charge in [-0.25, -0.2) is 4.98 Å². The third-order valence-corrected chi connectivity index (χ3v) is 4.45. The van der Waals surface area contributed by atoms with Crippen LogP contribution >= 0.6 is 11.3 Å². The maximum Gasteiger partial charge on any atom is 0.107 e. The Bertz CT molecular complexity index is 529. The van der Waals surface area contributed by atoms with Crippen molar-refractivity contribution in [3.8, 4) is 11.3 Å². The summed E-state index contributed by atoms with van der Waals surface area (Å²) in [5, 5.41) is 4.67. The van der Waals surface area contributed by atoms with E-state index in [1.165, 1.54) is 15.4 Å². The zero-order valence-corrected chi connectivity index (χ0v) is 13.6. The SMILES string of the molecule is CC(C)CNCc1nc(-c2ccccc2)c(C(C)C)s1. The van der Waals surface area contributed by atoms with Crippen molar-refractivity contribution in [2.45, 2.75) is 40.2 Å². The van der Waals surface area contributed by atoms with E-state index in [9.17, 15) is 0 Å². The molecule has 3 heteroatoms. The van der Waals surface area contributed by atoms with Crippen molar-refractivity contribution >= 4 is 11.3 Å². The van der Waals surface area contributed by atoms with E-state index >= 15 is 0 Å². The molecule has 0 aliphatic heterocycles. The molecule has 1 N–H and O–H groups in total. The van der Waals surface area contributed by atoms with Gasteiger partial charge in [0, 0.05) is 17.0 Å². The normalized spacial score (nSPS) is 11.5. The van der Waals surface area contributed by atoms with E-state index in [2.05, 4.69) is 63.3 Å². The number of hydrogen-bond acceptors (Lipinski definition) is 3. The zero-order valence-electron chi connectivity index (χ0n) is 12.8. The average molecular weight is 288 g/mol. The molecular weight excluding hydrogens is 264 g/mol. The molecule has 0 aliphatic carbocycles. The summed E-state index contributed by atoms with van der Waals surface area (Å²) >= 11 is 1.84. The Morgan fingerprint density at radius 2 is 1.80 bits per heavy atom. The molecule has 0 saturated heterocycles. The topological polar surface area (TPSA) is 24.9 Å². The number of nitrogens with one attached hydrogen (secondary N) is 1. The molecule has 0 unspecified atom stereocenters. The highest BCUT2D eigenvalue weighted by molar-refractivity contribution is 7.12. The summed E-state index contributed by atoms with van der Waals surface area (Å²) in [4.78, 5) is 6.24. The van der Waals surface area contributed by atoms with Crippen LogP contribution in [0.3, 0.4) is 0 Å². The minimum absolute atomic E-state index is 0.515. The third-order valence-electron chi connectivity index (χ3n) is 3.10. The van der Waals surface area contributed by atoms with Gasteiger partial charge in [-0.1, -0.05) is 58.0 Å². The van der Waals surface area contributed by atoms with Crippen molar-refractivity contribution in [1.29, 1.82) is 0 Å². The number of hydrogen-bond donors (Lipinski definition) is 1. The minimum atomic E-state index is 0.515. The summed E-state index contributed by atoms with van der Waals surface area (Å²) < 4.78 is 0. The Balaban J connectivity index is 2.21. The largest absolute Gasteiger partial charge is 0.310 e. The summed E-state index contributed by atoms with van der Waals surface area (Å²) in [6, 6.07) is 10.5. The molecule has 0 spiro atoms. The first-order valence-corrected chi connectivity index (χ1v) is 8.15. The quantitative estimate of drug-likeness (QED) is 0.835. The molecule has 1 aromatic heterocycles. The van der Waals surface area contributed by atoms with Crippen LogP contribution in [0.15, 0.2) is 30.3 Å². The Morgan fingerprint density at radius 1 is 1.10 bits per heavy atom. The molecule has 0 amide bonds. The van der Waals surface area contributed by atoms with Gasteiger partial charge in [-0.15, -0.1) is 11.3 Å². The molecule has 0 fully saturated rings. The fourth-order valence-electron chi connectivity index (χ4n) is 2.12. The van der Waals surface area contributed by atoms with E-state index in [0.29, 0.717) is 11.8 Å². The summed E-state index contributed by atoms with van der Waals surface area (Å²) in [5.74, 6) is 1.19. The van der Waals surface area contributed by atoms with Crippen molar-refractivity contribution in [3.05, 3.63) is 40.2 Å². The summed E-state index contributed by atoms with van der Waals surface area (Å²) in [5.41, 5.74) is 2.38. The number of thiazole rings is 1. The first kappa shape index (κ1) is 15.2. The van der Waals surface area contributed by atoms with Crippen molar-refractivity contribution < 1.29 is 0 Å².